The van der Waals surface area contributed by atoms with Crippen LogP contribution in [0, 0.1) is 11.3 Å². The molecule has 0 aromatic carbocycles. The van der Waals surface area contributed by atoms with Crippen molar-refractivity contribution >= 4 is 21.6 Å². The summed E-state index contributed by atoms with van der Waals surface area (Å²) in [4.78, 5) is 2.46. The van der Waals surface area contributed by atoms with Gasteiger partial charge in [0.05, 0.1) is 5.02 Å². The number of nitriles is 1. The quantitative estimate of drug-likeness (QED) is 0.870. The molecule has 1 aromatic rings. The van der Waals surface area contributed by atoms with Crippen molar-refractivity contribution in [3.63, 3.8) is 0 Å². The summed E-state index contributed by atoms with van der Waals surface area (Å²) in [5.74, 6) is 0. The highest BCUT2D eigenvalue weighted by Crippen LogP contribution is 2.27. The van der Waals surface area contributed by atoms with Gasteiger partial charge in [-0.25, -0.2) is 27.3 Å². The zero-order chi connectivity index (χ0) is 12.5. The van der Waals surface area contributed by atoms with Gasteiger partial charge in [-0.1, -0.05) is 11.6 Å². The molecule has 0 aliphatic rings. The third kappa shape index (κ3) is 2.44. The van der Waals surface area contributed by atoms with Crippen molar-refractivity contribution in [3.8, 4) is 6.07 Å². The molecule has 0 saturated heterocycles. The maximum absolute atomic E-state index is 12.3. The van der Waals surface area contributed by atoms with E-state index in [4.69, 9.17) is 22.0 Å². The van der Waals surface area contributed by atoms with Crippen molar-refractivity contribution in [2.45, 2.75) is 11.3 Å². The van der Waals surface area contributed by atoms with E-state index in [1.165, 1.54) is 6.07 Å². The van der Waals surface area contributed by atoms with E-state index in [1.54, 1.807) is 0 Å². The topological polar surface area (TPSA) is 96.8 Å². The number of hydrogen-bond donors (Lipinski definition) is 1. The normalized spacial score (nSPS) is 11.5. The van der Waals surface area contributed by atoms with Crippen LogP contribution in [0.5, 0.6) is 0 Å². The van der Waals surface area contributed by atoms with Crippen LogP contribution >= 0.6 is 11.6 Å². The molecule has 0 saturated carbocycles. The van der Waals surface area contributed by atoms with Crippen LogP contribution in [-0.4, -0.2) is 13.4 Å². The number of nitrogens with zero attached hydrogens (tertiary/aromatic N) is 2. The summed E-state index contributed by atoms with van der Waals surface area (Å²) in [6, 6.07) is 1.95. The fourth-order valence-corrected chi connectivity index (χ4v) is 2.01. The molecule has 86 valence electrons. The van der Waals surface area contributed by atoms with Gasteiger partial charge in [-0.05, 0) is 6.07 Å². The number of pyridine rings is 1. The first-order valence-corrected chi connectivity index (χ1v) is 5.61. The highest BCUT2D eigenvalue weighted by molar-refractivity contribution is 7.89. The summed E-state index contributed by atoms with van der Waals surface area (Å²) < 4.78 is 46.7. The Kier molecular flexibility index (Phi) is 3.42. The predicted octanol–water partition coefficient (Wildman–Crippen LogP) is 1.19. The molecule has 0 atom stereocenters. The molecule has 0 spiro atoms. The Balaban J connectivity index is 3.63. The molecule has 0 unspecified atom stereocenters. The van der Waals surface area contributed by atoms with Crippen molar-refractivity contribution in [2.75, 3.05) is 0 Å². The molecule has 9 heteroatoms. The van der Waals surface area contributed by atoms with Gasteiger partial charge in [0, 0.05) is 0 Å². The lowest BCUT2D eigenvalue weighted by molar-refractivity contribution is 0.145. The summed E-state index contributed by atoms with van der Waals surface area (Å²) in [6.45, 7) is 0. The number of rotatable bonds is 2. The number of sulfonamides is 1. The Morgan fingerprint density at radius 1 is 1.56 bits per heavy atom. The molecule has 2 N–H and O–H groups in total. The molecule has 16 heavy (non-hydrogen) atoms. The number of alkyl halides is 2. The summed E-state index contributed by atoms with van der Waals surface area (Å²) in [5, 5.41) is 12.7. The first-order chi connectivity index (χ1) is 7.27. The lowest BCUT2D eigenvalue weighted by atomic mass is 10.3. The van der Waals surface area contributed by atoms with Gasteiger partial charge in [0.15, 0.2) is 5.69 Å². The van der Waals surface area contributed by atoms with Crippen LogP contribution in [0.2, 0.25) is 5.02 Å². The summed E-state index contributed by atoms with van der Waals surface area (Å²) in [5.41, 5.74) is -1.48. The average Bonchev–Trinajstić information content (AvgIpc) is 2.15. The lowest BCUT2D eigenvalue weighted by Gasteiger charge is -2.06. The number of aromatic nitrogens is 1. The third-order valence-electron chi connectivity index (χ3n) is 1.58. The molecule has 0 fully saturated rings. The van der Waals surface area contributed by atoms with Crippen LogP contribution in [0.4, 0.5) is 8.78 Å². The van der Waals surface area contributed by atoms with Crippen molar-refractivity contribution in [1.82, 2.24) is 4.98 Å². The second-order valence-corrected chi connectivity index (χ2v) is 4.57. The second-order valence-electron chi connectivity index (χ2n) is 2.67. The average molecular weight is 268 g/mol. The third-order valence-corrected chi connectivity index (χ3v) is 3.01. The molecule has 0 bridgehead atoms. The zero-order valence-electron chi connectivity index (χ0n) is 7.49. The van der Waals surface area contributed by atoms with Crippen molar-refractivity contribution in [2.24, 2.45) is 5.14 Å². The minimum atomic E-state index is -4.28. The van der Waals surface area contributed by atoms with Gasteiger partial charge in [-0.3, -0.25) is 0 Å². The summed E-state index contributed by atoms with van der Waals surface area (Å²) in [6.07, 6.45) is -3.02. The Morgan fingerprint density at radius 2 is 2.12 bits per heavy atom. The molecule has 1 heterocycles. The Hall–Kier alpha value is -1.30. The van der Waals surface area contributed by atoms with Gasteiger partial charge in [-0.15, -0.1) is 0 Å². The molecule has 0 radical (unpaired) electrons. The van der Waals surface area contributed by atoms with Gasteiger partial charge in [-0.2, -0.15) is 5.26 Å². The summed E-state index contributed by atoms with van der Waals surface area (Å²) >= 11 is 5.48. The fourth-order valence-electron chi connectivity index (χ4n) is 0.918. The smallest absolute Gasteiger partial charge is 0.234 e. The molecule has 5 nitrogen and oxygen atoms in total. The molecule has 0 aliphatic heterocycles. The Bertz CT molecular complexity index is 568. The highest BCUT2D eigenvalue weighted by atomic mass is 35.5. The van der Waals surface area contributed by atoms with E-state index in [-0.39, 0.29) is 0 Å². The number of halogens is 3. The standard InChI is InChI=1S/C7H4ClF2N3O2S/c8-6-4(2-11)13-3(7(9)10)1-5(6)16(12,14)15/h1,7H,(H2,12,14,15). The monoisotopic (exact) mass is 267 g/mol. The minimum Gasteiger partial charge on any atom is -0.234 e. The van der Waals surface area contributed by atoms with Crippen LogP contribution < -0.4 is 5.14 Å². The molecular weight excluding hydrogens is 264 g/mol. The minimum absolute atomic E-state index is 0.545. The van der Waals surface area contributed by atoms with E-state index in [0.717, 1.165) is 0 Å². The number of primary sulfonamides is 1. The van der Waals surface area contributed by atoms with Gasteiger partial charge in [0.2, 0.25) is 10.0 Å². The largest absolute Gasteiger partial charge is 0.280 e. The SMILES string of the molecule is N#Cc1nc(C(F)F)cc(S(N)(=O)=O)c1Cl. The van der Waals surface area contributed by atoms with Gasteiger partial charge in [0.25, 0.3) is 6.43 Å². The van der Waals surface area contributed by atoms with Crippen molar-refractivity contribution in [1.29, 1.82) is 5.26 Å². The van der Waals surface area contributed by atoms with Crippen molar-refractivity contribution < 1.29 is 17.2 Å². The first kappa shape index (κ1) is 12.8. The van der Waals surface area contributed by atoms with Gasteiger partial charge < -0.3 is 0 Å². The lowest BCUT2D eigenvalue weighted by Crippen LogP contribution is -2.14. The first-order valence-electron chi connectivity index (χ1n) is 3.69. The van der Waals surface area contributed by atoms with Crippen LogP contribution in [0.1, 0.15) is 17.8 Å². The van der Waals surface area contributed by atoms with E-state index in [0.29, 0.717) is 6.07 Å². The van der Waals surface area contributed by atoms with E-state index >= 15 is 0 Å². The van der Waals surface area contributed by atoms with E-state index in [1.807, 2.05) is 0 Å². The van der Waals surface area contributed by atoms with Crippen LogP contribution in [0.25, 0.3) is 0 Å². The van der Waals surface area contributed by atoms with Gasteiger partial charge in [0.1, 0.15) is 16.7 Å². The van der Waals surface area contributed by atoms with E-state index < -0.39 is 37.8 Å². The molecule has 0 amide bonds. The van der Waals surface area contributed by atoms with Gasteiger partial charge >= 0.3 is 0 Å². The maximum Gasteiger partial charge on any atom is 0.280 e. The molecular formula is C7H4ClF2N3O2S. The second kappa shape index (κ2) is 4.29. The summed E-state index contributed by atoms with van der Waals surface area (Å²) in [7, 11) is -4.28. The highest BCUT2D eigenvalue weighted by Gasteiger charge is 2.22. The predicted molar refractivity (Wildman–Crippen MR) is 50.3 cm³/mol. The molecule has 1 rings (SSSR count). The van der Waals surface area contributed by atoms with Crippen molar-refractivity contribution in [3.05, 3.63) is 22.5 Å². The fraction of sp³-hybridized carbons (Fsp3) is 0.143. The van der Waals surface area contributed by atoms with Crippen LogP contribution in [0.15, 0.2) is 11.0 Å². The Labute approximate surface area is 94.5 Å². The van der Waals surface area contributed by atoms with E-state index in [2.05, 4.69) is 4.98 Å². The molecule has 1 aromatic heterocycles. The Morgan fingerprint density at radius 3 is 2.50 bits per heavy atom. The molecule has 0 aliphatic carbocycles. The maximum atomic E-state index is 12.3. The number of hydrogen-bond acceptors (Lipinski definition) is 4. The van der Waals surface area contributed by atoms with E-state index in [9.17, 15) is 17.2 Å². The van der Waals surface area contributed by atoms with Crippen LogP contribution in [-0.2, 0) is 10.0 Å². The van der Waals surface area contributed by atoms with Crippen LogP contribution in [0.3, 0.4) is 0 Å². The number of nitrogens with two attached hydrogens (primary N) is 1. The zero-order valence-corrected chi connectivity index (χ0v) is 9.06.